The largest absolute Gasteiger partial charge is 0.487 e. The van der Waals surface area contributed by atoms with Crippen molar-refractivity contribution in [2.45, 2.75) is 19.0 Å². The summed E-state index contributed by atoms with van der Waals surface area (Å²) >= 11 is 0. The Morgan fingerprint density at radius 3 is 2.43 bits per heavy atom. The molecule has 220 valence electrons. The van der Waals surface area contributed by atoms with E-state index >= 15 is 4.39 Å². The Labute approximate surface area is 236 Å². The van der Waals surface area contributed by atoms with Gasteiger partial charge >= 0.3 is 6.18 Å². The SMILES string of the molecule is COCCOc1cc2ncnc(Oc3ccc(CC(=O)Cc4cc(C(F)(F)F)ccc4F)cc3F)c2c2c1OCCO2. The first-order valence-electron chi connectivity index (χ1n) is 12.7. The number of aromatic nitrogens is 2. The molecule has 0 bridgehead atoms. The summed E-state index contributed by atoms with van der Waals surface area (Å²) in [7, 11) is 1.54. The second kappa shape index (κ2) is 12.1. The summed E-state index contributed by atoms with van der Waals surface area (Å²) in [4.78, 5) is 20.9. The number of methoxy groups -OCH3 is 1. The quantitative estimate of drug-likeness (QED) is 0.167. The number of nitrogens with zero attached hydrogens (tertiary/aromatic N) is 2. The van der Waals surface area contributed by atoms with Crippen molar-refractivity contribution in [2.75, 3.05) is 33.5 Å². The van der Waals surface area contributed by atoms with E-state index in [1.165, 1.54) is 18.5 Å². The Morgan fingerprint density at radius 2 is 1.69 bits per heavy atom. The fourth-order valence-electron chi connectivity index (χ4n) is 4.33. The summed E-state index contributed by atoms with van der Waals surface area (Å²) in [6.07, 6.45) is -4.39. The molecule has 1 aromatic heterocycles. The van der Waals surface area contributed by atoms with E-state index in [0.717, 1.165) is 6.07 Å². The van der Waals surface area contributed by atoms with E-state index in [0.29, 0.717) is 47.2 Å². The van der Waals surface area contributed by atoms with Crippen LogP contribution in [0.3, 0.4) is 0 Å². The number of hydrogen-bond donors (Lipinski definition) is 0. The number of rotatable bonds is 10. The highest BCUT2D eigenvalue weighted by Crippen LogP contribution is 2.48. The maximum atomic E-state index is 15.1. The van der Waals surface area contributed by atoms with E-state index in [1.54, 1.807) is 13.2 Å². The van der Waals surface area contributed by atoms with Crippen LogP contribution < -0.4 is 18.9 Å². The third kappa shape index (κ3) is 6.35. The Hall–Kier alpha value is -4.52. The van der Waals surface area contributed by atoms with Gasteiger partial charge in [0.2, 0.25) is 11.6 Å². The number of halogens is 5. The third-order valence-corrected chi connectivity index (χ3v) is 6.25. The number of alkyl halides is 3. The van der Waals surface area contributed by atoms with E-state index in [4.69, 9.17) is 23.7 Å². The van der Waals surface area contributed by atoms with Crippen LogP contribution in [0.15, 0.2) is 48.8 Å². The molecule has 5 rings (SSSR count). The summed E-state index contributed by atoms with van der Waals surface area (Å²) in [5.41, 5.74) is -0.852. The van der Waals surface area contributed by atoms with Gasteiger partial charge in [0.1, 0.15) is 43.1 Å². The molecule has 0 unspecified atom stereocenters. The van der Waals surface area contributed by atoms with Gasteiger partial charge in [0.15, 0.2) is 23.1 Å². The zero-order chi connectivity index (χ0) is 29.9. The lowest BCUT2D eigenvalue weighted by molar-refractivity contribution is -0.137. The molecule has 0 saturated carbocycles. The first kappa shape index (κ1) is 29.0. The van der Waals surface area contributed by atoms with Crippen molar-refractivity contribution in [3.05, 3.63) is 77.1 Å². The molecule has 0 spiro atoms. The van der Waals surface area contributed by atoms with Crippen molar-refractivity contribution in [3.8, 4) is 28.9 Å². The number of benzene rings is 3. The lowest BCUT2D eigenvalue weighted by Crippen LogP contribution is -2.17. The van der Waals surface area contributed by atoms with Crippen molar-refractivity contribution in [1.29, 1.82) is 0 Å². The minimum absolute atomic E-state index is 0.0204. The molecule has 0 fully saturated rings. The topological polar surface area (TPSA) is 89.0 Å². The summed E-state index contributed by atoms with van der Waals surface area (Å²) < 4.78 is 96.2. The molecule has 0 amide bonds. The molecule has 1 aliphatic rings. The van der Waals surface area contributed by atoms with Crippen molar-refractivity contribution < 1.29 is 50.4 Å². The van der Waals surface area contributed by atoms with Crippen LogP contribution in [0.4, 0.5) is 22.0 Å². The van der Waals surface area contributed by atoms with Gasteiger partial charge in [-0.1, -0.05) is 6.07 Å². The van der Waals surface area contributed by atoms with Gasteiger partial charge in [-0.05, 0) is 41.5 Å². The smallest absolute Gasteiger partial charge is 0.416 e. The highest BCUT2D eigenvalue weighted by atomic mass is 19.4. The summed E-state index contributed by atoms with van der Waals surface area (Å²) in [6, 6.07) is 7.22. The molecule has 0 atom stereocenters. The maximum absolute atomic E-state index is 15.1. The zero-order valence-corrected chi connectivity index (χ0v) is 22.1. The Morgan fingerprint density at radius 1 is 0.905 bits per heavy atom. The fraction of sp³-hybridized carbons (Fsp3) is 0.276. The fourth-order valence-corrected chi connectivity index (χ4v) is 4.33. The molecular weight excluding hydrogens is 567 g/mol. The Kier molecular flexibility index (Phi) is 8.39. The predicted octanol–water partition coefficient (Wildman–Crippen LogP) is 5.87. The van der Waals surface area contributed by atoms with Gasteiger partial charge in [-0.3, -0.25) is 4.79 Å². The Bertz CT molecular complexity index is 1630. The van der Waals surface area contributed by atoms with Gasteiger partial charge < -0.3 is 23.7 Å². The van der Waals surface area contributed by atoms with Crippen molar-refractivity contribution in [2.24, 2.45) is 0 Å². The van der Waals surface area contributed by atoms with Gasteiger partial charge in [0.05, 0.1) is 17.7 Å². The molecular formula is C29H23F5N2O6. The van der Waals surface area contributed by atoms with Crippen LogP contribution in [0.25, 0.3) is 10.9 Å². The first-order chi connectivity index (χ1) is 20.1. The summed E-state index contributed by atoms with van der Waals surface area (Å²) in [5, 5.41) is 0.327. The summed E-state index contributed by atoms with van der Waals surface area (Å²) in [5.74, 6) is -1.65. The lowest BCUT2D eigenvalue weighted by atomic mass is 10.0. The predicted molar refractivity (Wildman–Crippen MR) is 138 cm³/mol. The maximum Gasteiger partial charge on any atom is 0.416 e. The molecule has 0 saturated heterocycles. The third-order valence-electron chi connectivity index (χ3n) is 6.25. The standard InChI is InChI=1S/C29H23F5N2O6/c1-38-6-7-39-24-14-22-25(27-26(24)40-8-9-41-27)28(36-15-35-22)42-23-5-2-16(11-21(23)31)10-19(37)13-17-12-18(29(32,33)34)3-4-20(17)30/h2-5,11-12,14-15H,6-10,13H2,1H3. The average molecular weight is 591 g/mol. The van der Waals surface area contributed by atoms with Gasteiger partial charge in [0, 0.05) is 26.0 Å². The minimum Gasteiger partial charge on any atom is -0.487 e. The molecule has 8 nitrogen and oxygen atoms in total. The van der Waals surface area contributed by atoms with Gasteiger partial charge in [0.25, 0.3) is 0 Å². The molecule has 0 radical (unpaired) electrons. The molecule has 2 heterocycles. The molecule has 0 N–H and O–H groups in total. The normalized spacial score (nSPS) is 12.8. The molecule has 13 heteroatoms. The number of Topliss-reactive ketones (excluding diaryl/α,β-unsaturated/α-hetero) is 1. The number of carbonyl (C=O) groups is 1. The van der Waals surface area contributed by atoms with Gasteiger partial charge in [-0.25, -0.2) is 18.7 Å². The van der Waals surface area contributed by atoms with Crippen LogP contribution >= 0.6 is 0 Å². The first-order valence-corrected chi connectivity index (χ1v) is 12.7. The van der Waals surface area contributed by atoms with E-state index in [9.17, 15) is 22.4 Å². The van der Waals surface area contributed by atoms with Crippen LogP contribution in [0, 0.1) is 11.6 Å². The van der Waals surface area contributed by atoms with E-state index in [2.05, 4.69) is 9.97 Å². The van der Waals surface area contributed by atoms with Crippen LogP contribution in [-0.4, -0.2) is 49.3 Å². The van der Waals surface area contributed by atoms with E-state index in [1.807, 2.05) is 0 Å². The number of hydrogen-bond acceptors (Lipinski definition) is 8. The van der Waals surface area contributed by atoms with Crippen molar-refractivity contribution in [1.82, 2.24) is 9.97 Å². The number of fused-ring (bicyclic) bond motifs is 3. The highest BCUT2D eigenvalue weighted by molar-refractivity contribution is 5.94. The molecule has 1 aliphatic heterocycles. The van der Waals surface area contributed by atoms with Crippen LogP contribution in [0.2, 0.25) is 0 Å². The van der Waals surface area contributed by atoms with Crippen molar-refractivity contribution in [3.63, 3.8) is 0 Å². The Balaban J connectivity index is 1.35. The van der Waals surface area contributed by atoms with Crippen LogP contribution in [-0.2, 0) is 28.5 Å². The zero-order valence-electron chi connectivity index (χ0n) is 22.1. The molecule has 0 aliphatic carbocycles. The van der Waals surface area contributed by atoms with Crippen molar-refractivity contribution >= 4 is 16.7 Å². The second-order valence-corrected chi connectivity index (χ2v) is 9.21. The van der Waals surface area contributed by atoms with E-state index < -0.39 is 41.1 Å². The average Bonchev–Trinajstić information content (AvgIpc) is 2.95. The molecule has 4 aromatic rings. The van der Waals surface area contributed by atoms with Crippen LogP contribution in [0.5, 0.6) is 28.9 Å². The van der Waals surface area contributed by atoms with E-state index in [-0.39, 0.29) is 49.2 Å². The highest BCUT2D eigenvalue weighted by Gasteiger charge is 2.31. The number of ether oxygens (including phenoxy) is 5. The lowest BCUT2D eigenvalue weighted by Gasteiger charge is -2.23. The van der Waals surface area contributed by atoms with Gasteiger partial charge in [-0.15, -0.1) is 0 Å². The summed E-state index contributed by atoms with van der Waals surface area (Å²) in [6.45, 7) is 1.10. The monoisotopic (exact) mass is 590 g/mol. The molecule has 3 aromatic carbocycles. The number of ketones is 1. The van der Waals surface area contributed by atoms with Crippen LogP contribution in [0.1, 0.15) is 16.7 Å². The van der Waals surface area contributed by atoms with Gasteiger partial charge in [-0.2, -0.15) is 13.2 Å². The number of carbonyl (C=O) groups excluding carboxylic acids is 1. The second-order valence-electron chi connectivity index (χ2n) is 9.21. The molecule has 42 heavy (non-hydrogen) atoms. The minimum atomic E-state index is -4.68.